The molecule has 2 aliphatic rings. The van der Waals surface area contributed by atoms with Crippen LogP contribution in [0.3, 0.4) is 0 Å². The van der Waals surface area contributed by atoms with Gasteiger partial charge in [-0.15, -0.1) is 0 Å². The van der Waals surface area contributed by atoms with Crippen molar-refractivity contribution in [2.24, 2.45) is 0 Å². The largest absolute Gasteiger partial charge is 0.508 e. The van der Waals surface area contributed by atoms with Crippen molar-refractivity contribution in [3.63, 3.8) is 0 Å². The quantitative estimate of drug-likeness (QED) is 0.396. The third-order valence-electron chi connectivity index (χ3n) is 5.41. The molecule has 0 bridgehead atoms. The van der Waals surface area contributed by atoms with E-state index in [4.69, 9.17) is 14.2 Å². The maximum atomic E-state index is 13.3. The normalized spacial score (nSPS) is 32.9. The number of aromatic hydroxyl groups is 3. The minimum Gasteiger partial charge on any atom is -0.508 e. The van der Waals surface area contributed by atoms with Crippen LogP contribution in [0.5, 0.6) is 23.0 Å². The van der Waals surface area contributed by atoms with Gasteiger partial charge in [0.1, 0.15) is 46.9 Å². The Morgan fingerprint density at radius 2 is 1.58 bits per heavy atom. The Balaban J connectivity index is 1.73. The second-order valence-electron chi connectivity index (χ2n) is 7.57. The predicted molar refractivity (Wildman–Crippen MR) is 103 cm³/mol. The smallest absolute Gasteiger partial charge is 0.203 e. The highest BCUT2D eigenvalue weighted by molar-refractivity contribution is 6.05. The maximum Gasteiger partial charge on any atom is 0.203 e. The number of carbonyl (C=O) groups excluding carboxylic acids is 1. The average molecular weight is 434 g/mol. The van der Waals surface area contributed by atoms with E-state index in [2.05, 4.69) is 0 Å². The van der Waals surface area contributed by atoms with Gasteiger partial charge >= 0.3 is 0 Å². The molecular formula is C21H22O10. The number of hydrogen-bond acceptors (Lipinski definition) is 10. The molecule has 0 saturated carbocycles. The maximum absolute atomic E-state index is 13.3. The highest BCUT2D eigenvalue weighted by Crippen LogP contribution is 2.43. The van der Waals surface area contributed by atoms with E-state index in [1.807, 2.05) is 0 Å². The first-order valence-electron chi connectivity index (χ1n) is 9.58. The molecule has 0 aromatic heterocycles. The number of ketones is 1. The molecule has 0 radical (unpaired) electrons. The first-order chi connectivity index (χ1) is 14.7. The number of benzene rings is 2. The van der Waals surface area contributed by atoms with Crippen LogP contribution in [-0.4, -0.2) is 73.2 Å². The summed E-state index contributed by atoms with van der Waals surface area (Å²) in [6, 6.07) is 7.90. The number of Topliss-reactive ketones (excluding diaryl/α,β-unsaturated/α-hetero) is 1. The van der Waals surface area contributed by atoms with Crippen molar-refractivity contribution < 1.29 is 49.6 Å². The molecule has 0 aliphatic carbocycles. The molecule has 5 unspecified atom stereocenters. The molecule has 166 valence electrons. The Labute approximate surface area is 176 Å². The highest BCUT2D eigenvalue weighted by atomic mass is 16.7. The van der Waals surface area contributed by atoms with Crippen LogP contribution in [0, 0.1) is 0 Å². The molecule has 10 nitrogen and oxygen atoms in total. The van der Waals surface area contributed by atoms with Gasteiger partial charge in [-0.25, -0.2) is 0 Å². The molecule has 2 aromatic carbocycles. The van der Waals surface area contributed by atoms with Gasteiger partial charge in [0.2, 0.25) is 5.78 Å². The average Bonchev–Trinajstić information content (AvgIpc) is 2.72. The van der Waals surface area contributed by atoms with Gasteiger partial charge in [-0.2, -0.15) is 0 Å². The van der Waals surface area contributed by atoms with Crippen LogP contribution in [-0.2, 0) is 9.47 Å². The lowest BCUT2D eigenvalue weighted by molar-refractivity contribution is -0.304. The number of aliphatic hydroxyl groups is 3. The number of phenolic OH excluding ortho intramolecular Hbond substituents is 3. The zero-order valence-corrected chi connectivity index (χ0v) is 16.3. The van der Waals surface area contributed by atoms with Crippen LogP contribution in [0.4, 0.5) is 0 Å². The van der Waals surface area contributed by atoms with Gasteiger partial charge in [0.05, 0.1) is 6.10 Å². The van der Waals surface area contributed by atoms with Crippen molar-refractivity contribution >= 4 is 5.78 Å². The second kappa shape index (κ2) is 7.98. The van der Waals surface area contributed by atoms with Crippen LogP contribution in [0.2, 0.25) is 0 Å². The van der Waals surface area contributed by atoms with E-state index in [1.54, 1.807) is 0 Å². The van der Waals surface area contributed by atoms with Gasteiger partial charge in [-0.3, -0.25) is 4.79 Å². The fourth-order valence-electron chi connectivity index (χ4n) is 3.72. The van der Waals surface area contributed by atoms with E-state index in [0.717, 1.165) is 6.07 Å². The summed E-state index contributed by atoms with van der Waals surface area (Å²) < 4.78 is 17.0. The summed E-state index contributed by atoms with van der Waals surface area (Å²) in [5.74, 6) is -1.64. The summed E-state index contributed by atoms with van der Waals surface area (Å²) in [6.45, 7) is 1.47. The van der Waals surface area contributed by atoms with E-state index in [0.29, 0.717) is 5.56 Å². The Kier molecular flexibility index (Phi) is 5.50. The van der Waals surface area contributed by atoms with Gasteiger partial charge in [-0.05, 0) is 24.6 Å². The topological polar surface area (TPSA) is 166 Å². The zero-order valence-electron chi connectivity index (χ0n) is 16.3. The number of carbonyl (C=O) groups is 1. The summed E-state index contributed by atoms with van der Waals surface area (Å²) in [4.78, 5) is 13.3. The molecule has 2 aliphatic heterocycles. The molecule has 4 rings (SSSR count). The van der Waals surface area contributed by atoms with E-state index in [1.165, 1.54) is 37.3 Å². The fourth-order valence-corrected chi connectivity index (χ4v) is 3.72. The third kappa shape index (κ3) is 3.80. The zero-order chi connectivity index (χ0) is 22.4. The van der Waals surface area contributed by atoms with Gasteiger partial charge in [0.25, 0.3) is 0 Å². The van der Waals surface area contributed by atoms with Crippen LogP contribution < -0.4 is 4.74 Å². The number of phenols is 3. The molecule has 0 spiro atoms. The summed E-state index contributed by atoms with van der Waals surface area (Å²) in [6.07, 6.45) is -9.49. The van der Waals surface area contributed by atoms with Crippen LogP contribution >= 0.6 is 0 Å². The molecule has 2 heterocycles. The minimum absolute atomic E-state index is 0.0176. The second-order valence-corrected chi connectivity index (χ2v) is 7.57. The number of fused-ring (bicyclic) bond motifs is 1. The molecule has 1 saturated heterocycles. The van der Waals surface area contributed by atoms with Crippen LogP contribution in [0.1, 0.15) is 28.9 Å². The van der Waals surface area contributed by atoms with Crippen LogP contribution in [0.25, 0.3) is 0 Å². The predicted octanol–water partition coefficient (Wildman–Crippen LogP) is 0.332. The summed E-state index contributed by atoms with van der Waals surface area (Å²) >= 11 is 0. The molecule has 1 fully saturated rings. The van der Waals surface area contributed by atoms with Gasteiger partial charge in [0.15, 0.2) is 18.5 Å². The highest BCUT2D eigenvalue weighted by Gasteiger charge is 2.48. The van der Waals surface area contributed by atoms with Gasteiger partial charge in [-0.1, -0.05) is 12.1 Å². The van der Waals surface area contributed by atoms with Crippen molar-refractivity contribution in [3.05, 3.63) is 47.5 Å². The lowest BCUT2D eigenvalue weighted by atomic mass is 9.92. The number of hydrogen-bond donors (Lipinski definition) is 6. The Morgan fingerprint density at radius 1 is 0.903 bits per heavy atom. The molecule has 10 heteroatoms. The number of rotatable bonds is 3. The standard InChI is InChI=1S/C21H22O10/c1-8-15(25)17(27)18(28)21(29-8)31-20-16(26)14-12(24)6-11(23)7-13(14)30-19(20)9-2-4-10(22)5-3-9/h2-8,15,17-25,27-28H,1H3/t8?,15?,17?,18?,19-,20+,21?/m1/s1. The SMILES string of the molecule is CC1OC(O[C@H]2C(=O)c3c(O)cc(O)cc3O[C@@H]2c2ccc(O)cc2)C(O)C(O)C1O. The Hall–Kier alpha value is -2.89. The van der Waals surface area contributed by atoms with Gasteiger partial charge < -0.3 is 44.8 Å². The number of ether oxygens (including phenoxy) is 3. The molecule has 7 atom stereocenters. The molecular weight excluding hydrogens is 412 g/mol. The Morgan fingerprint density at radius 3 is 2.26 bits per heavy atom. The molecule has 0 amide bonds. The van der Waals surface area contributed by atoms with Crippen LogP contribution in [0.15, 0.2) is 36.4 Å². The summed E-state index contributed by atoms with van der Waals surface area (Å²) in [5, 5.41) is 59.8. The van der Waals surface area contributed by atoms with E-state index < -0.39 is 54.4 Å². The van der Waals surface area contributed by atoms with Crippen molar-refractivity contribution in [1.82, 2.24) is 0 Å². The Bertz CT molecular complexity index is 975. The van der Waals surface area contributed by atoms with Gasteiger partial charge in [0, 0.05) is 12.1 Å². The monoisotopic (exact) mass is 434 g/mol. The van der Waals surface area contributed by atoms with Crippen molar-refractivity contribution in [2.45, 2.75) is 49.8 Å². The summed E-state index contributed by atoms with van der Waals surface area (Å²) in [7, 11) is 0. The summed E-state index contributed by atoms with van der Waals surface area (Å²) in [5.41, 5.74) is 0.195. The number of aliphatic hydroxyl groups excluding tert-OH is 3. The van der Waals surface area contributed by atoms with E-state index in [-0.39, 0.29) is 22.8 Å². The molecule has 6 N–H and O–H groups in total. The van der Waals surface area contributed by atoms with Crippen molar-refractivity contribution in [3.8, 4) is 23.0 Å². The fraction of sp³-hybridized carbons (Fsp3) is 0.381. The molecule has 2 aromatic rings. The lowest BCUT2D eigenvalue weighted by Gasteiger charge is -2.42. The van der Waals surface area contributed by atoms with E-state index in [9.17, 15) is 35.4 Å². The first-order valence-corrected chi connectivity index (χ1v) is 9.58. The lowest BCUT2D eigenvalue weighted by Crippen LogP contribution is -2.59. The third-order valence-corrected chi connectivity index (χ3v) is 5.41. The minimum atomic E-state index is -1.66. The van der Waals surface area contributed by atoms with E-state index >= 15 is 0 Å². The van der Waals surface area contributed by atoms with Crippen molar-refractivity contribution in [1.29, 1.82) is 0 Å². The first kappa shape index (κ1) is 21.3. The van der Waals surface area contributed by atoms with Crippen molar-refractivity contribution in [2.75, 3.05) is 0 Å². The molecule has 31 heavy (non-hydrogen) atoms.